The predicted octanol–water partition coefficient (Wildman–Crippen LogP) is -0.355. The quantitative estimate of drug-likeness (QED) is 0.719. The van der Waals surface area contributed by atoms with E-state index >= 15 is 0 Å². The van der Waals surface area contributed by atoms with Crippen LogP contribution in [-0.4, -0.2) is 83.1 Å². The topological polar surface area (TPSA) is 52.7 Å². The van der Waals surface area contributed by atoms with E-state index in [1.54, 1.807) is 0 Å². The molecule has 0 aromatic carbocycles. The van der Waals surface area contributed by atoms with Crippen molar-refractivity contribution in [3.8, 4) is 0 Å². The molecule has 1 heterocycles. The molecule has 18 heavy (non-hydrogen) atoms. The Morgan fingerprint density at radius 3 is 2.56 bits per heavy atom. The van der Waals surface area contributed by atoms with Crippen molar-refractivity contribution in [1.82, 2.24) is 15.1 Å². The summed E-state index contributed by atoms with van der Waals surface area (Å²) in [7, 11) is 3.42. The van der Waals surface area contributed by atoms with Crippen molar-refractivity contribution in [2.45, 2.75) is 24.9 Å². The Balaban J connectivity index is 2.48. The van der Waals surface area contributed by atoms with E-state index in [2.05, 4.69) is 29.2 Å². The van der Waals surface area contributed by atoms with Crippen molar-refractivity contribution in [1.29, 1.82) is 0 Å². The molecule has 1 rings (SSSR count). The van der Waals surface area contributed by atoms with E-state index in [1.165, 1.54) is 6.26 Å². The highest BCUT2D eigenvalue weighted by Crippen LogP contribution is 2.14. The van der Waals surface area contributed by atoms with Crippen LogP contribution < -0.4 is 5.32 Å². The first-order valence-electron chi connectivity index (χ1n) is 6.57. The average molecular weight is 277 g/mol. The standard InChI is InChI=1S/C12H27N3O2S/c1-13-11(6-5-9-18(4,16)17)12-10-14(2)7-8-15(12)3/h11-13H,5-10H2,1-4H3. The van der Waals surface area contributed by atoms with Gasteiger partial charge < -0.3 is 10.2 Å². The molecule has 1 N–H and O–H groups in total. The largest absolute Gasteiger partial charge is 0.315 e. The molecular formula is C12H27N3O2S. The summed E-state index contributed by atoms with van der Waals surface area (Å²) in [6.45, 7) is 3.22. The molecule has 1 fully saturated rings. The lowest BCUT2D eigenvalue weighted by Crippen LogP contribution is -2.58. The summed E-state index contributed by atoms with van der Waals surface area (Å²) in [4.78, 5) is 4.72. The van der Waals surface area contributed by atoms with Gasteiger partial charge in [-0.05, 0) is 34.0 Å². The minimum atomic E-state index is -2.83. The monoisotopic (exact) mass is 277 g/mol. The minimum Gasteiger partial charge on any atom is -0.315 e. The Hall–Kier alpha value is -0.170. The third-order valence-corrected chi connectivity index (χ3v) is 4.80. The fourth-order valence-electron chi connectivity index (χ4n) is 2.57. The predicted molar refractivity (Wildman–Crippen MR) is 75.7 cm³/mol. The molecule has 2 unspecified atom stereocenters. The number of likely N-dealkylation sites (N-methyl/N-ethyl adjacent to an activating group) is 3. The third-order valence-electron chi connectivity index (χ3n) is 3.76. The zero-order chi connectivity index (χ0) is 13.8. The van der Waals surface area contributed by atoms with E-state index in [4.69, 9.17) is 0 Å². The van der Waals surface area contributed by atoms with E-state index in [0.717, 1.165) is 32.5 Å². The van der Waals surface area contributed by atoms with Gasteiger partial charge in [0.2, 0.25) is 0 Å². The Labute approximate surface area is 111 Å². The molecule has 0 spiro atoms. The van der Waals surface area contributed by atoms with Crippen LogP contribution in [0.25, 0.3) is 0 Å². The first kappa shape index (κ1) is 15.9. The molecular weight excluding hydrogens is 250 g/mol. The highest BCUT2D eigenvalue weighted by atomic mass is 32.2. The van der Waals surface area contributed by atoms with Crippen LogP contribution in [-0.2, 0) is 9.84 Å². The Morgan fingerprint density at radius 1 is 1.33 bits per heavy atom. The minimum absolute atomic E-state index is 0.289. The maximum absolute atomic E-state index is 11.2. The van der Waals surface area contributed by atoms with Gasteiger partial charge in [0.15, 0.2) is 0 Å². The fourth-order valence-corrected chi connectivity index (χ4v) is 3.26. The summed E-state index contributed by atoms with van der Waals surface area (Å²) >= 11 is 0. The van der Waals surface area contributed by atoms with Crippen LogP contribution >= 0.6 is 0 Å². The molecule has 1 aliphatic rings. The molecule has 1 saturated heterocycles. The molecule has 108 valence electrons. The van der Waals surface area contributed by atoms with Crippen LogP contribution in [0.3, 0.4) is 0 Å². The van der Waals surface area contributed by atoms with Gasteiger partial charge in [-0.25, -0.2) is 8.42 Å². The van der Waals surface area contributed by atoms with Crippen molar-refractivity contribution >= 4 is 9.84 Å². The molecule has 0 saturated carbocycles. The molecule has 2 atom stereocenters. The van der Waals surface area contributed by atoms with Crippen LogP contribution in [0.4, 0.5) is 0 Å². The fraction of sp³-hybridized carbons (Fsp3) is 1.00. The normalized spacial score (nSPS) is 25.2. The molecule has 1 aliphatic heterocycles. The number of nitrogens with one attached hydrogen (secondary N) is 1. The number of piperazine rings is 1. The smallest absolute Gasteiger partial charge is 0.147 e. The van der Waals surface area contributed by atoms with Crippen molar-refractivity contribution in [3.63, 3.8) is 0 Å². The van der Waals surface area contributed by atoms with Gasteiger partial charge in [0.1, 0.15) is 9.84 Å². The lowest BCUT2D eigenvalue weighted by molar-refractivity contribution is 0.0872. The first-order chi connectivity index (χ1) is 8.33. The Kier molecular flexibility index (Phi) is 6.04. The lowest BCUT2D eigenvalue weighted by Gasteiger charge is -2.42. The third kappa shape index (κ3) is 5.22. The van der Waals surface area contributed by atoms with E-state index in [1.807, 2.05) is 7.05 Å². The summed E-state index contributed by atoms with van der Waals surface area (Å²) in [5, 5.41) is 3.35. The van der Waals surface area contributed by atoms with E-state index < -0.39 is 9.84 Å². The van der Waals surface area contributed by atoms with E-state index in [9.17, 15) is 8.42 Å². The van der Waals surface area contributed by atoms with Gasteiger partial charge in [-0.15, -0.1) is 0 Å². The maximum Gasteiger partial charge on any atom is 0.147 e. The molecule has 0 aromatic heterocycles. The SMILES string of the molecule is CNC(CCCS(C)(=O)=O)C1CN(C)CCN1C. The molecule has 5 nitrogen and oxygen atoms in total. The second-order valence-electron chi connectivity index (χ2n) is 5.48. The summed E-state index contributed by atoms with van der Waals surface area (Å²) in [6, 6.07) is 0.827. The van der Waals surface area contributed by atoms with Crippen molar-refractivity contribution < 1.29 is 8.42 Å². The lowest BCUT2D eigenvalue weighted by atomic mass is 10.00. The molecule has 0 aliphatic carbocycles. The molecule has 0 bridgehead atoms. The van der Waals surface area contributed by atoms with Gasteiger partial charge in [-0.2, -0.15) is 0 Å². The summed E-state index contributed by atoms with van der Waals surface area (Å²) < 4.78 is 22.3. The number of hydrogen-bond acceptors (Lipinski definition) is 5. The van der Waals surface area contributed by atoms with Crippen LogP contribution in [0.15, 0.2) is 0 Å². The molecule has 0 radical (unpaired) electrons. The number of sulfone groups is 1. The number of nitrogens with zero attached hydrogens (tertiary/aromatic N) is 2. The number of rotatable bonds is 6. The van der Waals surface area contributed by atoms with Crippen LogP contribution in [0.1, 0.15) is 12.8 Å². The molecule has 6 heteroatoms. The van der Waals surface area contributed by atoms with Gasteiger partial charge >= 0.3 is 0 Å². The second kappa shape index (κ2) is 6.84. The van der Waals surface area contributed by atoms with Crippen molar-refractivity contribution in [2.24, 2.45) is 0 Å². The van der Waals surface area contributed by atoms with Crippen LogP contribution in [0.5, 0.6) is 0 Å². The van der Waals surface area contributed by atoms with Gasteiger partial charge in [0.25, 0.3) is 0 Å². The Morgan fingerprint density at radius 2 is 2.00 bits per heavy atom. The van der Waals surface area contributed by atoms with E-state index in [-0.39, 0.29) is 5.75 Å². The van der Waals surface area contributed by atoms with E-state index in [0.29, 0.717) is 12.1 Å². The van der Waals surface area contributed by atoms with Crippen LogP contribution in [0, 0.1) is 0 Å². The maximum atomic E-state index is 11.2. The van der Waals surface area contributed by atoms with Gasteiger partial charge in [0.05, 0.1) is 0 Å². The zero-order valence-corrected chi connectivity index (χ0v) is 12.8. The van der Waals surface area contributed by atoms with Crippen molar-refractivity contribution in [2.75, 3.05) is 52.8 Å². The highest BCUT2D eigenvalue weighted by molar-refractivity contribution is 7.90. The average Bonchev–Trinajstić information content (AvgIpc) is 2.27. The molecule has 0 amide bonds. The summed E-state index contributed by atoms with van der Waals surface area (Å²) in [6.07, 6.45) is 2.95. The zero-order valence-electron chi connectivity index (χ0n) is 12.0. The summed E-state index contributed by atoms with van der Waals surface area (Å²) in [5.41, 5.74) is 0. The highest BCUT2D eigenvalue weighted by Gasteiger charge is 2.28. The number of hydrogen-bond donors (Lipinski definition) is 1. The van der Waals surface area contributed by atoms with Gasteiger partial charge in [-0.1, -0.05) is 0 Å². The van der Waals surface area contributed by atoms with Crippen LogP contribution in [0.2, 0.25) is 0 Å². The first-order valence-corrected chi connectivity index (χ1v) is 8.63. The van der Waals surface area contributed by atoms with Crippen molar-refractivity contribution in [3.05, 3.63) is 0 Å². The molecule has 0 aromatic rings. The second-order valence-corrected chi connectivity index (χ2v) is 7.74. The Bertz CT molecular complexity index is 345. The summed E-state index contributed by atoms with van der Waals surface area (Å²) in [5.74, 6) is 0.289. The van der Waals surface area contributed by atoms with Gasteiger partial charge in [0, 0.05) is 43.7 Å². The van der Waals surface area contributed by atoms with Gasteiger partial charge in [-0.3, -0.25) is 4.90 Å².